The molecule has 0 fully saturated rings. The molecule has 0 radical (unpaired) electrons. The summed E-state index contributed by atoms with van der Waals surface area (Å²) in [5.74, 6) is 0.910. The Labute approximate surface area is 124 Å². The van der Waals surface area contributed by atoms with Crippen LogP contribution in [0.5, 0.6) is 5.75 Å². The Bertz CT molecular complexity index is 449. The molecule has 1 unspecified atom stereocenters. The summed E-state index contributed by atoms with van der Waals surface area (Å²) < 4.78 is 46.0. The molecular weight excluding hydrogens is 337 g/mol. The predicted octanol–water partition coefficient (Wildman–Crippen LogP) is 4.42. The fourth-order valence-corrected chi connectivity index (χ4v) is 2.59. The topological polar surface area (TPSA) is 18.5 Å². The molecular formula is C14H16BrF3O2. The lowest BCUT2D eigenvalue weighted by molar-refractivity contribution is -0.174. The summed E-state index contributed by atoms with van der Waals surface area (Å²) in [6, 6.07) is 5.92. The first-order valence-corrected chi connectivity index (χ1v) is 7.41. The third kappa shape index (κ3) is 4.66. The molecule has 2 rings (SSSR count). The Morgan fingerprint density at radius 2 is 2.15 bits per heavy atom. The lowest BCUT2D eigenvalue weighted by atomic mass is 10.0. The van der Waals surface area contributed by atoms with Gasteiger partial charge in [0.25, 0.3) is 0 Å². The molecule has 1 aromatic carbocycles. The smallest absolute Gasteiger partial charge is 0.411 e. The van der Waals surface area contributed by atoms with E-state index in [9.17, 15) is 13.2 Å². The minimum atomic E-state index is -4.26. The molecule has 1 heterocycles. The maximum atomic E-state index is 11.9. The van der Waals surface area contributed by atoms with Crippen LogP contribution in [-0.4, -0.2) is 26.0 Å². The van der Waals surface area contributed by atoms with Crippen molar-refractivity contribution in [2.45, 2.75) is 30.3 Å². The molecule has 0 aliphatic carbocycles. The average Bonchev–Trinajstić information content (AvgIpc) is 2.42. The number of benzene rings is 1. The first kappa shape index (κ1) is 15.6. The zero-order chi connectivity index (χ0) is 14.6. The molecule has 0 saturated carbocycles. The lowest BCUT2D eigenvalue weighted by Gasteiger charge is -2.19. The summed E-state index contributed by atoms with van der Waals surface area (Å²) in [5, 5.41) is 0. The molecule has 0 amide bonds. The Balaban J connectivity index is 1.84. The van der Waals surface area contributed by atoms with Crippen molar-refractivity contribution < 1.29 is 22.6 Å². The summed E-state index contributed by atoms with van der Waals surface area (Å²) in [7, 11) is 0. The van der Waals surface area contributed by atoms with Crippen LogP contribution < -0.4 is 4.74 Å². The molecule has 1 atom stereocenters. The van der Waals surface area contributed by atoms with Gasteiger partial charge in [-0.15, -0.1) is 0 Å². The number of ether oxygens (including phenoxy) is 2. The second-order valence-electron chi connectivity index (χ2n) is 4.74. The van der Waals surface area contributed by atoms with Crippen LogP contribution in [-0.2, 0) is 11.2 Å². The zero-order valence-electron chi connectivity index (χ0n) is 10.9. The van der Waals surface area contributed by atoms with Gasteiger partial charge >= 0.3 is 6.18 Å². The highest BCUT2D eigenvalue weighted by Crippen LogP contribution is 2.32. The summed E-state index contributed by atoms with van der Waals surface area (Å²) in [6.45, 7) is -0.372. The number of hydrogen-bond donors (Lipinski definition) is 0. The van der Waals surface area contributed by atoms with Crippen molar-refractivity contribution in [3.05, 3.63) is 29.3 Å². The van der Waals surface area contributed by atoms with Crippen molar-refractivity contribution in [3.63, 3.8) is 0 Å². The van der Waals surface area contributed by atoms with Crippen molar-refractivity contribution in [1.82, 2.24) is 0 Å². The molecule has 112 valence electrons. The van der Waals surface area contributed by atoms with E-state index in [1.165, 1.54) is 0 Å². The van der Waals surface area contributed by atoms with E-state index >= 15 is 0 Å². The van der Waals surface area contributed by atoms with E-state index < -0.39 is 12.8 Å². The maximum Gasteiger partial charge on any atom is 0.411 e. The highest BCUT2D eigenvalue weighted by Gasteiger charge is 2.27. The molecule has 20 heavy (non-hydrogen) atoms. The van der Waals surface area contributed by atoms with E-state index in [-0.39, 0.29) is 11.4 Å². The normalized spacial score (nSPS) is 16.4. The van der Waals surface area contributed by atoms with Crippen molar-refractivity contribution in [1.29, 1.82) is 0 Å². The van der Waals surface area contributed by atoms with Crippen molar-refractivity contribution in [3.8, 4) is 5.75 Å². The number of aryl methyl sites for hydroxylation is 1. The third-order valence-corrected chi connectivity index (χ3v) is 4.06. The van der Waals surface area contributed by atoms with E-state index in [1.807, 2.05) is 12.1 Å². The zero-order valence-corrected chi connectivity index (χ0v) is 12.5. The number of fused-ring (bicyclic) bond motifs is 1. The Hall–Kier alpha value is -0.750. The molecule has 1 aromatic rings. The van der Waals surface area contributed by atoms with Gasteiger partial charge < -0.3 is 9.47 Å². The van der Waals surface area contributed by atoms with Crippen LogP contribution in [0, 0.1) is 0 Å². The van der Waals surface area contributed by atoms with Crippen LogP contribution in [0.2, 0.25) is 0 Å². The van der Waals surface area contributed by atoms with Gasteiger partial charge in [0.05, 0.1) is 6.61 Å². The number of rotatable bonds is 5. The second-order valence-corrected chi connectivity index (χ2v) is 5.85. The van der Waals surface area contributed by atoms with Gasteiger partial charge in [-0.25, -0.2) is 0 Å². The van der Waals surface area contributed by atoms with Gasteiger partial charge in [0.15, 0.2) is 0 Å². The van der Waals surface area contributed by atoms with E-state index in [4.69, 9.17) is 4.74 Å². The summed E-state index contributed by atoms with van der Waals surface area (Å²) in [4.78, 5) is -0.0111. The largest absolute Gasteiger partial charge is 0.493 e. The van der Waals surface area contributed by atoms with Crippen LogP contribution in [0.4, 0.5) is 13.2 Å². The van der Waals surface area contributed by atoms with Crippen LogP contribution in [0.1, 0.15) is 28.8 Å². The molecule has 0 aromatic heterocycles. The van der Waals surface area contributed by atoms with Crippen LogP contribution in [0.3, 0.4) is 0 Å². The molecule has 0 spiro atoms. The summed E-state index contributed by atoms with van der Waals surface area (Å²) >= 11 is 3.49. The van der Waals surface area contributed by atoms with Gasteiger partial charge in [0, 0.05) is 11.4 Å². The number of halogens is 4. The van der Waals surface area contributed by atoms with Crippen molar-refractivity contribution in [2.24, 2.45) is 0 Å². The van der Waals surface area contributed by atoms with Gasteiger partial charge in [-0.05, 0) is 36.5 Å². The van der Waals surface area contributed by atoms with Gasteiger partial charge in [-0.3, -0.25) is 0 Å². The molecule has 0 N–H and O–H groups in total. The molecule has 1 aliphatic heterocycles. The van der Waals surface area contributed by atoms with Gasteiger partial charge in [-0.2, -0.15) is 13.2 Å². The maximum absolute atomic E-state index is 11.9. The SMILES string of the molecule is FC(F)(F)COCCC(Br)c1ccc2c(c1)CCCO2. The molecule has 0 saturated heterocycles. The van der Waals surface area contributed by atoms with E-state index in [0.717, 1.165) is 36.3 Å². The lowest BCUT2D eigenvalue weighted by Crippen LogP contribution is -2.17. The first-order chi connectivity index (χ1) is 9.46. The van der Waals surface area contributed by atoms with Crippen LogP contribution in [0.25, 0.3) is 0 Å². The van der Waals surface area contributed by atoms with E-state index in [0.29, 0.717) is 6.42 Å². The number of alkyl halides is 4. The quantitative estimate of drug-likeness (QED) is 0.577. The fraction of sp³-hybridized carbons (Fsp3) is 0.571. The van der Waals surface area contributed by atoms with Gasteiger partial charge in [0.1, 0.15) is 12.4 Å². The minimum absolute atomic E-state index is 0.0111. The second kappa shape index (κ2) is 6.80. The van der Waals surface area contributed by atoms with Crippen molar-refractivity contribution >= 4 is 15.9 Å². The predicted molar refractivity (Wildman–Crippen MR) is 73.4 cm³/mol. The summed E-state index contributed by atoms with van der Waals surface area (Å²) in [6.07, 6.45) is -1.79. The Kier molecular flexibility index (Phi) is 5.32. The highest BCUT2D eigenvalue weighted by atomic mass is 79.9. The monoisotopic (exact) mass is 352 g/mol. The standard InChI is InChI=1S/C14H16BrF3O2/c15-12(5-7-19-9-14(16,17)18)10-3-4-13-11(8-10)2-1-6-20-13/h3-4,8,12H,1-2,5-7,9H2. The molecule has 0 bridgehead atoms. The molecule has 6 heteroatoms. The summed E-state index contributed by atoms with van der Waals surface area (Å²) in [5.41, 5.74) is 2.21. The van der Waals surface area contributed by atoms with Gasteiger partial charge in [-0.1, -0.05) is 28.1 Å². The van der Waals surface area contributed by atoms with Gasteiger partial charge in [0.2, 0.25) is 0 Å². The first-order valence-electron chi connectivity index (χ1n) is 6.50. The Morgan fingerprint density at radius 3 is 2.90 bits per heavy atom. The molecule has 1 aliphatic rings. The molecule has 2 nitrogen and oxygen atoms in total. The third-order valence-electron chi connectivity index (χ3n) is 3.08. The fourth-order valence-electron chi connectivity index (χ4n) is 2.12. The highest BCUT2D eigenvalue weighted by molar-refractivity contribution is 9.09. The van der Waals surface area contributed by atoms with Crippen LogP contribution in [0.15, 0.2) is 18.2 Å². The van der Waals surface area contributed by atoms with E-state index in [1.54, 1.807) is 0 Å². The van der Waals surface area contributed by atoms with Crippen LogP contribution >= 0.6 is 15.9 Å². The Morgan fingerprint density at radius 1 is 1.35 bits per heavy atom. The number of hydrogen-bond acceptors (Lipinski definition) is 2. The average molecular weight is 353 g/mol. The minimum Gasteiger partial charge on any atom is -0.493 e. The van der Waals surface area contributed by atoms with Crippen molar-refractivity contribution in [2.75, 3.05) is 19.8 Å². The van der Waals surface area contributed by atoms with E-state index in [2.05, 4.69) is 26.7 Å².